The van der Waals surface area contributed by atoms with Crippen LogP contribution in [0.4, 0.5) is 0 Å². The van der Waals surface area contributed by atoms with Crippen LogP contribution < -0.4 is 9.47 Å². The van der Waals surface area contributed by atoms with Gasteiger partial charge in [0.15, 0.2) is 0 Å². The zero-order valence-electron chi connectivity index (χ0n) is 17.2. The molecular formula is C23H19ClN2O5S. The minimum atomic E-state index is -0.786. The van der Waals surface area contributed by atoms with Gasteiger partial charge >= 0.3 is 0 Å². The van der Waals surface area contributed by atoms with Crippen LogP contribution in [-0.4, -0.2) is 40.9 Å². The third kappa shape index (κ3) is 3.83. The molecule has 1 aromatic carbocycles. The smallest absolute Gasteiger partial charge is 0.296 e. The van der Waals surface area contributed by atoms with Crippen LogP contribution >= 0.6 is 22.9 Å². The number of benzene rings is 1. The third-order valence-corrected chi connectivity index (χ3v) is 6.36. The molecule has 1 saturated heterocycles. The number of rotatable bonds is 6. The standard InChI is InChI=1S/C23H19ClN2O5S/c1-30-16-11-17(31-2)15(24)10-14(16)21(27)19-20(18-7-5-9-32-18)26(23(29)22(19)28)12-13-6-3-4-8-25-13/h3-11,20,27H,12H2,1-2H3/b21-19-. The number of aliphatic hydroxyl groups is 1. The average molecular weight is 471 g/mol. The van der Waals surface area contributed by atoms with E-state index in [1.54, 1.807) is 18.3 Å². The van der Waals surface area contributed by atoms with Crippen LogP contribution in [0.2, 0.25) is 5.02 Å². The number of halogens is 1. The number of hydrogen-bond donors (Lipinski definition) is 1. The minimum absolute atomic E-state index is 0.0343. The highest BCUT2D eigenvalue weighted by Crippen LogP contribution is 2.44. The highest BCUT2D eigenvalue weighted by molar-refractivity contribution is 7.10. The first kappa shape index (κ1) is 21.9. The molecule has 1 atom stereocenters. The molecule has 164 valence electrons. The summed E-state index contributed by atoms with van der Waals surface area (Å²) in [5.74, 6) is -1.26. The van der Waals surface area contributed by atoms with Gasteiger partial charge in [-0.1, -0.05) is 23.7 Å². The number of pyridine rings is 1. The maximum Gasteiger partial charge on any atom is 0.296 e. The molecule has 2 aromatic heterocycles. The largest absolute Gasteiger partial charge is 0.507 e. The molecule has 32 heavy (non-hydrogen) atoms. The topological polar surface area (TPSA) is 89.0 Å². The maximum atomic E-state index is 13.1. The van der Waals surface area contributed by atoms with Crippen molar-refractivity contribution in [3.8, 4) is 11.5 Å². The lowest BCUT2D eigenvalue weighted by Crippen LogP contribution is -2.29. The Balaban J connectivity index is 1.88. The Morgan fingerprint density at radius 2 is 1.94 bits per heavy atom. The second-order valence-corrected chi connectivity index (χ2v) is 8.34. The van der Waals surface area contributed by atoms with Gasteiger partial charge in [-0.2, -0.15) is 0 Å². The molecule has 1 fully saturated rings. The molecule has 0 radical (unpaired) electrons. The van der Waals surface area contributed by atoms with Gasteiger partial charge < -0.3 is 19.5 Å². The van der Waals surface area contributed by atoms with Crippen molar-refractivity contribution < 1.29 is 24.2 Å². The predicted octanol–water partition coefficient (Wildman–Crippen LogP) is 4.44. The summed E-state index contributed by atoms with van der Waals surface area (Å²) in [4.78, 5) is 32.5. The van der Waals surface area contributed by atoms with Crippen LogP contribution in [0.1, 0.15) is 22.2 Å². The van der Waals surface area contributed by atoms with Crippen molar-refractivity contribution >= 4 is 40.4 Å². The zero-order valence-corrected chi connectivity index (χ0v) is 18.8. The first-order valence-corrected chi connectivity index (χ1v) is 10.9. The molecule has 1 aliphatic heterocycles. The van der Waals surface area contributed by atoms with Gasteiger partial charge in [0, 0.05) is 17.1 Å². The highest BCUT2D eigenvalue weighted by atomic mass is 35.5. The van der Waals surface area contributed by atoms with Crippen LogP contribution in [0, 0.1) is 0 Å². The summed E-state index contributed by atoms with van der Waals surface area (Å²) in [6.45, 7) is 0.116. The number of thiophene rings is 1. The van der Waals surface area contributed by atoms with E-state index in [0.717, 1.165) is 4.88 Å². The Bertz CT molecular complexity index is 1190. The van der Waals surface area contributed by atoms with Crippen LogP contribution in [-0.2, 0) is 16.1 Å². The quantitative estimate of drug-likeness (QED) is 0.325. The van der Waals surface area contributed by atoms with Gasteiger partial charge in [-0.25, -0.2) is 0 Å². The molecule has 0 aliphatic carbocycles. The summed E-state index contributed by atoms with van der Waals surface area (Å²) in [6.07, 6.45) is 1.62. The fraction of sp³-hybridized carbons (Fsp3) is 0.174. The first-order chi connectivity index (χ1) is 15.5. The van der Waals surface area contributed by atoms with E-state index in [-0.39, 0.29) is 34.2 Å². The monoisotopic (exact) mass is 470 g/mol. The van der Waals surface area contributed by atoms with Crippen molar-refractivity contribution in [3.05, 3.63) is 80.8 Å². The molecule has 0 bridgehead atoms. The Hall–Kier alpha value is -3.36. The summed E-state index contributed by atoms with van der Waals surface area (Å²) in [5.41, 5.74) is 0.782. The van der Waals surface area contributed by atoms with Gasteiger partial charge in [0.25, 0.3) is 11.7 Å². The number of nitrogens with zero attached hydrogens (tertiary/aromatic N) is 2. The lowest BCUT2D eigenvalue weighted by atomic mass is 9.99. The number of aromatic nitrogens is 1. The summed E-state index contributed by atoms with van der Waals surface area (Å²) >= 11 is 7.65. The Labute approximate surface area is 193 Å². The third-order valence-electron chi connectivity index (χ3n) is 5.14. The molecule has 1 N–H and O–H groups in total. The van der Waals surface area contributed by atoms with Gasteiger partial charge in [-0.05, 0) is 29.6 Å². The number of ketones is 1. The molecule has 1 amide bonds. The molecule has 0 spiro atoms. The normalized spacial score (nSPS) is 17.6. The van der Waals surface area contributed by atoms with E-state index < -0.39 is 17.7 Å². The lowest BCUT2D eigenvalue weighted by Gasteiger charge is -2.24. The number of hydrogen-bond acceptors (Lipinski definition) is 7. The molecule has 0 saturated carbocycles. The molecular weight excluding hydrogens is 452 g/mol. The summed E-state index contributed by atoms with van der Waals surface area (Å²) in [6, 6.07) is 11.2. The average Bonchev–Trinajstić information content (AvgIpc) is 3.42. The van der Waals surface area contributed by atoms with Crippen molar-refractivity contribution in [2.45, 2.75) is 12.6 Å². The van der Waals surface area contributed by atoms with E-state index in [0.29, 0.717) is 11.4 Å². The number of carbonyl (C=O) groups excluding carboxylic acids is 2. The van der Waals surface area contributed by atoms with Crippen LogP contribution in [0.5, 0.6) is 11.5 Å². The SMILES string of the molecule is COc1cc(OC)c(/C(O)=C2/C(=O)C(=O)N(Cc3ccccn3)C2c2cccs2)cc1Cl. The van der Waals surface area contributed by atoms with Crippen molar-refractivity contribution in [1.29, 1.82) is 0 Å². The molecule has 3 heterocycles. The van der Waals surface area contributed by atoms with Crippen LogP contribution in [0.15, 0.2) is 59.6 Å². The van der Waals surface area contributed by atoms with E-state index in [1.807, 2.05) is 23.6 Å². The van der Waals surface area contributed by atoms with Crippen molar-refractivity contribution in [2.75, 3.05) is 14.2 Å². The van der Waals surface area contributed by atoms with Gasteiger partial charge in [0.1, 0.15) is 23.3 Å². The Kier molecular flexibility index (Phi) is 6.16. The highest BCUT2D eigenvalue weighted by Gasteiger charge is 2.47. The predicted molar refractivity (Wildman–Crippen MR) is 121 cm³/mol. The molecule has 9 heteroatoms. The van der Waals surface area contributed by atoms with Crippen molar-refractivity contribution in [2.24, 2.45) is 0 Å². The van der Waals surface area contributed by atoms with E-state index in [4.69, 9.17) is 21.1 Å². The van der Waals surface area contributed by atoms with Gasteiger partial charge in [-0.3, -0.25) is 14.6 Å². The number of methoxy groups -OCH3 is 2. The zero-order chi connectivity index (χ0) is 22.8. The Morgan fingerprint density at radius 1 is 1.16 bits per heavy atom. The number of amides is 1. The second-order valence-electron chi connectivity index (χ2n) is 6.95. The van der Waals surface area contributed by atoms with Crippen molar-refractivity contribution in [1.82, 2.24) is 9.88 Å². The van der Waals surface area contributed by atoms with Gasteiger partial charge in [0.05, 0.1) is 42.6 Å². The second kappa shape index (κ2) is 9.02. The lowest BCUT2D eigenvalue weighted by molar-refractivity contribution is -0.140. The van der Waals surface area contributed by atoms with E-state index >= 15 is 0 Å². The number of likely N-dealkylation sites (tertiary alicyclic amines) is 1. The van der Waals surface area contributed by atoms with E-state index in [9.17, 15) is 14.7 Å². The number of carbonyl (C=O) groups is 2. The fourth-order valence-corrected chi connectivity index (χ4v) is 4.73. The van der Waals surface area contributed by atoms with Crippen LogP contribution in [0.25, 0.3) is 5.76 Å². The molecule has 7 nitrogen and oxygen atoms in total. The minimum Gasteiger partial charge on any atom is -0.507 e. The Morgan fingerprint density at radius 3 is 2.56 bits per heavy atom. The number of Topliss-reactive ketones (excluding diaryl/α,β-unsaturated/α-hetero) is 1. The number of ether oxygens (including phenoxy) is 2. The molecule has 4 rings (SSSR count). The summed E-state index contributed by atoms with van der Waals surface area (Å²) in [5, 5.41) is 13.3. The van der Waals surface area contributed by atoms with E-state index in [1.165, 1.54) is 42.6 Å². The molecule has 1 aliphatic rings. The summed E-state index contributed by atoms with van der Waals surface area (Å²) < 4.78 is 10.6. The number of aliphatic hydroxyl groups excluding tert-OH is 1. The summed E-state index contributed by atoms with van der Waals surface area (Å²) in [7, 11) is 2.88. The van der Waals surface area contributed by atoms with E-state index in [2.05, 4.69) is 4.98 Å². The van der Waals surface area contributed by atoms with Gasteiger partial charge in [0.2, 0.25) is 0 Å². The first-order valence-electron chi connectivity index (χ1n) is 9.59. The fourth-order valence-electron chi connectivity index (χ4n) is 3.64. The molecule has 3 aromatic rings. The van der Waals surface area contributed by atoms with Gasteiger partial charge in [-0.15, -0.1) is 11.3 Å². The molecule has 1 unspecified atom stereocenters. The van der Waals surface area contributed by atoms with Crippen LogP contribution in [0.3, 0.4) is 0 Å². The maximum absolute atomic E-state index is 13.1. The van der Waals surface area contributed by atoms with Crippen molar-refractivity contribution in [3.63, 3.8) is 0 Å².